The van der Waals surface area contributed by atoms with Crippen molar-refractivity contribution >= 4 is 34.7 Å². The van der Waals surface area contributed by atoms with E-state index in [0.717, 1.165) is 22.6 Å². The van der Waals surface area contributed by atoms with E-state index in [0.29, 0.717) is 34.7 Å². The highest BCUT2D eigenvalue weighted by Crippen LogP contribution is 2.36. The average Bonchev–Trinajstić information content (AvgIpc) is 3.14. The average molecular weight is 498 g/mol. The number of amides is 2. The Morgan fingerprint density at radius 2 is 1.53 bits per heavy atom. The lowest BCUT2D eigenvalue weighted by Gasteiger charge is -2.23. The minimum Gasteiger partial charge on any atom is -0.354 e. The van der Waals surface area contributed by atoms with Crippen molar-refractivity contribution in [3.05, 3.63) is 132 Å². The molecule has 0 unspecified atom stereocenters. The van der Waals surface area contributed by atoms with E-state index in [1.165, 1.54) is 6.20 Å². The van der Waals surface area contributed by atoms with E-state index in [-0.39, 0.29) is 11.8 Å². The van der Waals surface area contributed by atoms with Crippen molar-refractivity contribution in [3.8, 4) is 11.3 Å². The summed E-state index contributed by atoms with van der Waals surface area (Å²) in [6.07, 6.45) is 3.22. The fourth-order valence-corrected chi connectivity index (χ4v) is 4.57. The normalized spacial score (nSPS) is 11.9. The van der Waals surface area contributed by atoms with Gasteiger partial charge in [0, 0.05) is 34.8 Å². The van der Waals surface area contributed by atoms with Gasteiger partial charge in [0.25, 0.3) is 11.8 Å². The molecule has 0 saturated heterocycles. The summed E-state index contributed by atoms with van der Waals surface area (Å²) in [4.78, 5) is 37.5. The lowest BCUT2D eigenvalue weighted by molar-refractivity contribution is 0.0982. The third kappa shape index (κ3) is 4.49. The molecule has 5 aromatic rings. The highest BCUT2D eigenvalue weighted by molar-refractivity contribution is 6.11. The van der Waals surface area contributed by atoms with Gasteiger partial charge in [-0.2, -0.15) is 0 Å². The molecule has 0 atom stereocenters. The zero-order chi connectivity index (χ0) is 25.9. The van der Waals surface area contributed by atoms with Crippen molar-refractivity contribution in [1.82, 2.24) is 9.97 Å². The number of fused-ring (bicyclic) bond motifs is 2. The smallest absolute Gasteiger partial charge is 0.258 e. The highest BCUT2D eigenvalue weighted by Gasteiger charge is 2.25. The minimum absolute atomic E-state index is 0.192. The number of rotatable bonds is 4. The first-order chi connectivity index (χ1) is 18.7. The largest absolute Gasteiger partial charge is 0.354 e. The summed E-state index contributed by atoms with van der Waals surface area (Å²) >= 11 is 0. The molecule has 2 amide bonds. The molecular formula is C31H23N5O2. The van der Waals surface area contributed by atoms with Crippen LogP contribution in [0.25, 0.3) is 11.3 Å². The molecule has 0 fully saturated rings. The van der Waals surface area contributed by atoms with Crippen LogP contribution >= 0.6 is 0 Å². The molecule has 1 aliphatic heterocycles. The van der Waals surface area contributed by atoms with Crippen LogP contribution in [0.2, 0.25) is 0 Å². The molecule has 2 aromatic heterocycles. The summed E-state index contributed by atoms with van der Waals surface area (Å²) in [5.74, 6) is -0.234. The molecule has 38 heavy (non-hydrogen) atoms. The first-order valence-corrected chi connectivity index (χ1v) is 12.2. The molecule has 0 bridgehead atoms. The maximum atomic E-state index is 13.8. The number of benzene rings is 3. The molecule has 0 spiro atoms. The van der Waals surface area contributed by atoms with E-state index in [4.69, 9.17) is 0 Å². The highest BCUT2D eigenvalue weighted by atomic mass is 16.2. The van der Waals surface area contributed by atoms with Crippen LogP contribution in [0.15, 0.2) is 116 Å². The standard InChI is InChI=1S/C31H23N5O2/c37-30(24-11-3-2-10-23(24)26-13-7-8-17-32-26)35-29-19-21(16-18-33-29)31(38)36-20-22-9-1-4-12-25(22)34-27-14-5-6-15-28(27)36/h1-19,34H,20H2,(H,33,35,37). The third-order valence-corrected chi connectivity index (χ3v) is 6.42. The molecule has 7 nitrogen and oxygen atoms in total. The van der Waals surface area contributed by atoms with Crippen LogP contribution in [0, 0.1) is 0 Å². The molecule has 7 heteroatoms. The van der Waals surface area contributed by atoms with Gasteiger partial charge in [-0.25, -0.2) is 4.98 Å². The monoisotopic (exact) mass is 497 g/mol. The number of carbonyl (C=O) groups is 2. The van der Waals surface area contributed by atoms with E-state index in [9.17, 15) is 9.59 Å². The maximum absolute atomic E-state index is 13.8. The molecule has 184 valence electrons. The Balaban J connectivity index is 1.30. The summed E-state index contributed by atoms with van der Waals surface area (Å²) in [6, 6.07) is 31.8. The van der Waals surface area contributed by atoms with Gasteiger partial charge in [-0.15, -0.1) is 0 Å². The predicted octanol–water partition coefficient (Wildman–Crippen LogP) is 6.30. The molecule has 3 aromatic carbocycles. The van der Waals surface area contributed by atoms with Gasteiger partial charge in [-0.1, -0.05) is 54.6 Å². The molecule has 3 heterocycles. The molecule has 2 N–H and O–H groups in total. The second kappa shape index (κ2) is 9.99. The summed E-state index contributed by atoms with van der Waals surface area (Å²) in [5, 5.41) is 6.30. The van der Waals surface area contributed by atoms with Gasteiger partial charge in [0.15, 0.2) is 0 Å². The number of nitrogens with one attached hydrogen (secondary N) is 2. The Hall–Kier alpha value is -5.30. The molecular weight excluding hydrogens is 474 g/mol. The lowest BCUT2D eigenvalue weighted by Crippen LogP contribution is -2.30. The van der Waals surface area contributed by atoms with Crippen LogP contribution in [0.5, 0.6) is 0 Å². The van der Waals surface area contributed by atoms with Gasteiger partial charge < -0.3 is 15.5 Å². The molecule has 0 saturated carbocycles. The number of pyridine rings is 2. The fraction of sp³-hybridized carbons (Fsp3) is 0.0323. The number of anilines is 4. The fourth-order valence-electron chi connectivity index (χ4n) is 4.57. The Morgan fingerprint density at radius 3 is 2.39 bits per heavy atom. The Kier molecular flexibility index (Phi) is 6.08. The number of para-hydroxylation sites is 3. The minimum atomic E-state index is -0.332. The van der Waals surface area contributed by atoms with Crippen molar-refractivity contribution in [1.29, 1.82) is 0 Å². The Morgan fingerprint density at radius 1 is 0.763 bits per heavy atom. The van der Waals surface area contributed by atoms with Crippen molar-refractivity contribution < 1.29 is 9.59 Å². The first-order valence-electron chi connectivity index (χ1n) is 12.2. The zero-order valence-corrected chi connectivity index (χ0v) is 20.3. The topological polar surface area (TPSA) is 87.2 Å². The summed E-state index contributed by atoms with van der Waals surface area (Å²) in [6.45, 7) is 0.403. The van der Waals surface area contributed by atoms with E-state index in [1.807, 2.05) is 78.9 Å². The lowest BCUT2D eigenvalue weighted by atomic mass is 10.0. The van der Waals surface area contributed by atoms with Crippen LogP contribution in [0.1, 0.15) is 26.3 Å². The van der Waals surface area contributed by atoms with E-state index < -0.39 is 0 Å². The van der Waals surface area contributed by atoms with E-state index in [1.54, 1.807) is 35.4 Å². The van der Waals surface area contributed by atoms with Crippen LogP contribution in [-0.4, -0.2) is 21.8 Å². The quantitative estimate of drug-likeness (QED) is 0.304. The maximum Gasteiger partial charge on any atom is 0.258 e. The van der Waals surface area contributed by atoms with Crippen LogP contribution in [0.3, 0.4) is 0 Å². The van der Waals surface area contributed by atoms with Crippen molar-refractivity contribution in [2.24, 2.45) is 0 Å². The molecule has 1 aliphatic rings. The van der Waals surface area contributed by atoms with E-state index >= 15 is 0 Å². The van der Waals surface area contributed by atoms with E-state index in [2.05, 4.69) is 20.6 Å². The van der Waals surface area contributed by atoms with Gasteiger partial charge in [-0.3, -0.25) is 14.6 Å². The zero-order valence-electron chi connectivity index (χ0n) is 20.3. The number of hydrogen-bond acceptors (Lipinski definition) is 5. The molecule has 0 radical (unpaired) electrons. The first kappa shape index (κ1) is 23.1. The van der Waals surface area contributed by atoms with Crippen LogP contribution < -0.4 is 15.5 Å². The number of aromatic nitrogens is 2. The second-order valence-electron chi connectivity index (χ2n) is 8.84. The van der Waals surface area contributed by atoms with Gasteiger partial charge in [-0.05, 0) is 54.1 Å². The van der Waals surface area contributed by atoms with Crippen molar-refractivity contribution in [2.75, 3.05) is 15.5 Å². The second-order valence-corrected chi connectivity index (χ2v) is 8.84. The summed E-state index contributed by atoms with van der Waals surface area (Å²) < 4.78 is 0. The third-order valence-electron chi connectivity index (χ3n) is 6.42. The number of carbonyl (C=O) groups excluding carboxylic acids is 2. The van der Waals surface area contributed by atoms with Gasteiger partial charge >= 0.3 is 0 Å². The van der Waals surface area contributed by atoms with Gasteiger partial charge in [0.1, 0.15) is 5.82 Å². The van der Waals surface area contributed by atoms with Gasteiger partial charge in [0.2, 0.25) is 0 Å². The van der Waals surface area contributed by atoms with Crippen molar-refractivity contribution in [3.63, 3.8) is 0 Å². The molecule has 0 aliphatic carbocycles. The van der Waals surface area contributed by atoms with Crippen molar-refractivity contribution in [2.45, 2.75) is 6.54 Å². The Labute approximate surface area is 219 Å². The van der Waals surface area contributed by atoms with Crippen LogP contribution in [-0.2, 0) is 6.54 Å². The SMILES string of the molecule is O=C(Nc1cc(C(=O)N2Cc3ccccc3Nc3ccccc32)ccn1)c1ccccc1-c1ccccn1. The predicted molar refractivity (Wildman–Crippen MR) is 149 cm³/mol. The summed E-state index contributed by atoms with van der Waals surface area (Å²) in [5.41, 5.74) is 5.89. The van der Waals surface area contributed by atoms with Crippen LogP contribution in [0.4, 0.5) is 22.9 Å². The Bertz CT molecular complexity index is 1650. The van der Waals surface area contributed by atoms with Gasteiger partial charge in [0.05, 0.1) is 23.6 Å². The molecule has 6 rings (SSSR count). The number of hydrogen-bond donors (Lipinski definition) is 2. The summed E-state index contributed by atoms with van der Waals surface area (Å²) in [7, 11) is 0. The number of nitrogens with zero attached hydrogens (tertiary/aromatic N) is 3.